The molecule has 0 aromatic heterocycles. The van der Waals surface area contributed by atoms with Crippen LogP contribution in [0.3, 0.4) is 0 Å². The largest absolute Gasteiger partial charge is 0.356 e. The molecule has 2 N–H and O–H groups in total. The van der Waals surface area contributed by atoms with Crippen LogP contribution >= 0.6 is 12.4 Å². The van der Waals surface area contributed by atoms with Crippen LogP contribution in [-0.2, 0) is 4.79 Å². The smallest absolute Gasteiger partial charge is 0.216 e. The second kappa shape index (κ2) is 5.38. The maximum atomic E-state index is 10.5. The van der Waals surface area contributed by atoms with Crippen molar-refractivity contribution in [3.05, 3.63) is 0 Å². The lowest BCUT2D eigenvalue weighted by atomic mass is 10.1. The van der Waals surface area contributed by atoms with Gasteiger partial charge >= 0.3 is 0 Å². The predicted octanol–water partition coefficient (Wildman–Crippen LogP) is 0.154. The third-order valence-electron chi connectivity index (χ3n) is 1.80. The topological polar surface area (TPSA) is 41.1 Å². The van der Waals surface area contributed by atoms with Gasteiger partial charge in [-0.1, -0.05) is 0 Å². The van der Waals surface area contributed by atoms with Gasteiger partial charge in [0.05, 0.1) is 0 Å². The van der Waals surface area contributed by atoms with Gasteiger partial charge in [0.1, 0.15) is 0 Å². The minimum Gasteiger partial charge on any atom is -0.356 e. The van der Waals surface area contributed by atoms with Crippen molar-refractivity contribution >= 4 is 18.3 Å². The molecule has 1 fully saturated rings. The highest BCUT2D eigenvalue weighted by Gasteiger charge is 2.13. The Kier molecular flexibility index (Phi) is 5.24. The zero-order chi connectivity index (χ0) is 7.40. The lowest BCUT2D eigenvalue weighted by molar-refractivity contribution is -0.119. The summed E-state index contributed by atoms with van der Waals surface area (Å²) in [6, 6.07) is 0. The van der Waals surface area contributed by atoms with Crippen molar-refractivity contribution in [1.29, 1.82) is 0 Å². The first-order valence-electron chi connectivity index (χ1n) is 3.74. The van der Waals surface area contributed by atoms with Gasteiger partial charge in [-0.3, -0.25) is 4.79 Å². The molecule has 1 saturated heterocycles. The lowest BCUT2D eigenvalue weighted by Gasteiger charge is -2.06. The van der Waals surface area contributed by atoms with Crippen LogP contribution in [0.15, 0.2) is 0 Å². The van der Waals surface area contributed by atoms with Gasteiger partial charge in [0.15, 0.2) is 0 Å². The summed E-state index contributed by atoms with van der Waals surface area (Å²) in [4.78, 5) is 10.5. The molecule has 0 unspecified atom stereocenters. The highest BCUT2D eigenvalue weighted by atomic mass is 35.5. The average Bonchev–Trinajstić information content (AvgIpc) is 2.34. The molecular formula is C7H15ClN2O. The number of amides is 1. The zero-order valence-electron chi connectivity index (χ0n) is 6.72. The molecule has 1 heterocycles. The molecule has 0 spiro atoms. The van der Waals surface area contributed by atoms with Crippen LogP contribution in [0.4, 0.5) is 0 Å². The summed E-state index contributed by atoms with van der Waals surface area (Å²) in [6.45, 7) is 4.55. The van der Waals surface area contributed by atoms with E-state index >= 15 is 0 Å². The average molecular weight is 179 g/mol. The molecule has 11 heavy (non-hydrogen) atoms. The van der Waals surface area contributed by atoms with Gasteiger partial charge in [0.2, 0.25) is 5.91 Å². The molecule has 1 atom stereocenters. The Labute approximate surface area is 73.3 Å². The lowest BCUT2D eigenvalue weighted by Crippen LogP contribution is -2.27. The molecule has 1 aliphatic heterocycles. The van der Waals surface area contributed by atoms with Gasteiger partial charge < -0.3 is 10.6 Å². The van der Waals surface area contributed by atoms with E-state index in [1.807, 2.05) is 0 Å². The maximum Gasteiger partial charge on any atom is 0.216 e. The van der Waals surface area contributed by atoms with Crippen LogP contribution in [0.25, 0.3) is 0 Å². The van der Waals surface area contributed by atoms with Crippen molar-refractivity contribution in [2.45, 2.75) is 13.3 Å². The van der Waals surface area contributed by atoms with E-state index in [1.165, 1.54) is 6.42 Å². The van der Waals surface area contributed by atoms with E-state index in [1.54, 1.807) is 6.92 Å². The van der Waals surface area contributed by atoms with Gasteiger partial charge in [-0.2, -0.15) is 0 Å². The monoisotopic (exact) mass is 178 g/mol. The van der Waals surface area contributed by atoms with Crippen molar-refractivity contribution in [2.75, 3.05) is 19.6 Å². The molecule has 0 bridgehead atoms. The molecule has 0 saturated carbocycles. The van der Waals surface area contributed by atoms with Crippen molar-refractivity contribution in [2.24, 2.45) is 5.92 Å². The number of hydrogen-bond donors (Lipinski definition) is 2. The Morgan fingerprint density at radius 1 is 1.73 bits per heavy atom. The Hall–Kier alpha value is -0.280. The molecular weight excluding hydrogens is 164 g/mol. The molecule has 0 aromatic rings. The third kappa shape index (κ3) is 4.22. The van der Waals surface area contributed by atoms with E-state index in [0.29, 0.717) is 5.92 Å². The molecule has 66 valence electrons. The number of hydrogen-bond acceptors (Lipinski definition) is 2. The van der Waals surface area contributed by atoms with Gasteiger partial charge in [0.25, 0.3) is 0 Å². The van der Waals surface area contributed by atoms with E-state index in [9.17, 15) is 4.79 Å². The van der Waals surface area contributed by atoms with Gasteiger partial charge in [-0.05, 0) is 25.4 Å². The first-order chi connectivity index (χ1) is 4.79. The normalized spacial score (nSPS) is 22.5. The predicted molar refractivity (Wildman–Crippen MR) is 46.9 cm³/mol. The Bertz CT molecular complexity index is 124. The molecule has 0 aliphatic carbocycles. The zero-order valence-corrected chi connectivity index (χ0v) is 7.54. The van der Waals surface area contributed by atoms with Crippen LogP contribution in [0.2, 0.25) is 0 Å². The van der Waals surface area contributed by atoms with Gasteiger partial charge in [-0.25, -0.2) is 0 Å². The molecule has 1 aliphatic rings. The fourth-order valence-electron chi connectivity index (χ4n) is 1.18. The second-order valence-electron chi connectivity index (χ2n) is 2.80. The summed E-state index contributed by atoms with van der Waals surface area (Å²) >= 11 is 0. The fraction of sp³-hybridized carbons (Fsp3) is 0.857. The van der Waals surface area contributed by atoms with Gasteiger partial charge in [0, 0.05) is 13.5 Å². The minimum atomic E-state index is 0. The van der Waals surface area contributed by atoms with E-state index in [4.69, 9.17) is 0 Å². The molecule has 3 nitrogen and oxygen atoms in total. The van der Waals surface area contributed by atoms with Crippen LogP contribution < -0.4 is 10.6 Å². The first-order valence-corrected chi connectivity index (χ1v) is 3.74. The maximum absolute atomic E-state index is 10.5. The van der Waals surface area contributed by atoms with E-state index in [2.05, 4.69) is 10.6 Å². The summed E-state index contributed by atoms with van der Waals surface area (Å²) in [5.41, 5.74) is 0. The molecule has 0 radical (unpaired) electrons. The summed E-state index contributed by atoms with van der Waals surface area (Å²) in [5, 5.41) is 6.05. The Morgan fingerprint density at radius 3 is 2.91 bits per heavy atom. The van der Waals surface area contributed by atoms with Crippen LogP contribution in [0.1, 0.15) is 13.3 Å². The van der Waals surface area contributed by atoms with Crippen molar-refractivity contribution < 1.29 is 4.79 Å². The number of carbonyl (C=O) groups is 1. The highest BCUT2D eigenvalue weighted by molar-refractivity contribution is 5.85. The second-order valence-corrected chi connectivity index (χ2v) is 2.80. The van der Waals surface area contributed by atoms with Gasteiger partial charge in [-0.15, -0.1) is 12.4 Å². The Morgan fingerprint density at radius 2 is 2.45 bits per heavy atom. The van der Waals surface area contributed by atoms with Crippen LogP contribution in [0, 0.1) is 5.92 Å². The fourth-order valence-corrected chi connectivity index (χ4v) is 1.18. The van der Waals surface area contributed by atoms with E-state index in [-0.39, 0.29) is 18.3 Å². The number of halogens is 1. The molecule has 0 aromatic carbocycles. The highest BCUT2D eigenvalue weighted by Crippen LogP contribution is 2.04. The first kappa shape index (κ1) is 10.7. The SMILES string of the molecule is CC(=O)NC[C@H]1CCNC1.Cl. The summed E-state index contributed by atoms with van der Waals surface area (Å²) in [5.74, 6) is 0.732. The number of nitrogens with one attached hydrogen (secondary N) is 2. The number of rotatable bonds is 2. The molecule has 4 heteroatoms. The van der Waals surface area contributed by atoms with Crippen molar-refractivity contribution in [1.82, 2.24) is 10.6 Å². The van der Waals surface area contributed by atoms with Crippen molar-refractivity contribution in [3.63, 3.8) is 0 Å². The number of carbonyl (C=O) groups excluding carboxylic acids is 1. The Balaban J connectivity index is 0.000001000. The van der Waals surface area contributed by atoms with E-state index in [0.717, 1.165) is 19.6 Å². The van der Waals surface area contributed by atoms with Crippen LogP contribution in [0.5, 0.6) is 0 Å². The quantitative estimate of drug-likeness (QED) is 0.633. The third-order valence-corrected chi connectivity index (χ3v) is 1.80. The van der Waals surface area contributed by atoms with Crippen LogP contribution in [-0.4, -0.2) is 25.5 Å². The summed E-state index contributed by atoms with van der Waals surface area (Å²) in [7, 11) is 0. The standard InChI is InChI=1S/C7H14N2O.ClH/c1-6(10)9-5-7-2-3-8-4-7;/h7-8H,2-5H2,1H3,(H,9,10);1H/t7-;/m0./s1. The summed E-state index contributed by atoms with van der Waals surface area (Å²) in [6.07, 6.45) is 1.19. The summed E-state index contributed by atoms with van der Waals surface area (Å²) < 4.78 is 0. The van der Waals surface area contributed by atoms with Crippen molar-refractivity contribution in [3.8, 4) is 0 Å². The molecule has 1 rings (SSSR count). The minimum absolute atomic E-state index is 0. The molecule has 1 amide bonds. The van der Waals surface area contributed by atoms with E-state index < -0.39 is 0 Å².